The molecule has 3 aromatic rings. The number of halogens is 1. The molecule has 1 N–H and O–H groups in total. The van der Waals surface area contributed by atoms with E-state index < -0.39 is 17.7 Å². The molecule has 0 aliphatic carbocycles. The second-order valence-electron chi connectivity index (χ2n) is 12.2. The Bertz CT molecular complexity index is 1320. The zero-order valence-electron chi connectivity index (χ0n) is 24.3. The molecule has 4 rings (SSSR count). The number of piperidine rings is 1. The van der Waals surface area contributed by atoms with Crippen LogP contribution in [0.2, 0.25) is 0 Å². The van der Waals surface area contributed by atoms with Gasteiger partial charge in [0.25, 0.3) is 0 Å². The van der Waals surface area contributed by atoms with E-state index in [0.29, 0.717) is 35.7 Å². The third kappa shape index (κ3) is 7.36. The summed E-state index contributed by atoms with van der Waals surface area (Å²) in [5.41, 5.74) is 3.84. The van der Waals surface area contributed by atoms with Gasteiger partial charge in [0.1, 0.15) is 11.6 Å². The number of rotatable bonds is 9. The first-order valence-electron chi connectivity index (χ1n) is 13.8. The predicted octanol–water partition coefficient (Wildman–Crippen LogP) is 6.78. The van der Waals surface area contributed by atoms with E-state index in [1.807, 2.05) is 45.9 Å². The number of carbonyl (C=O) groups is 1. The molecule has 1 fully saturated rings. The van der Waals surface area contributed by atoms with Crippen molar-refractivity contribution in [2.75, 3.05) is 24.6 Å². The normalized spacial score (nSPS) is 16.0. The van der Waals surface area contributed by atoms with Crippen LogP contribution in [0.15, 0.2) is 48.8 Å². The van der Waals surface area contributed by atoms with Crippen molar-refractivity contribution < 1.29 is 23.8 Å². The minimum absolute atomic E-state index is 0.218. The summed E-state index contributed by atoms with van der Waals surface area (Å²) in [6.07, 6.45) is 4.79. The third-order valence-electron chi connectivity index (χ3n) is 7.24. The lowest BCUT2D eigenvalue weighted by Gasteiger charge is -2.40. The molecule has 0 spiro atoms. The topological polar surface area (TPSA) is 84.8 Å². The van der Waals surface area contributed by atoms with E-state index in [4.69, 9.17) is 9.47 Å². The van der Waals surface area contributed by atoms with E-state index >= 15 is 0 Å². The van der Waals surface area contributed by atoms with E-state index in [1.165, 1.54) is 12.1 Å². The van der Waals surface area contributed by atoms with Gasteiger partial charge in [0.2, 0.25) is 0 Å². The van der Waals surface area contributed by atoms with Crippen LogP contribution in [0.25, 0.3) is 11.3 Å². The molecule has 1 aromatic carbocycles. The Morgan fingerprint density at radius 1 is 1.12 bits per heavy atom. The summed E-state index contributed by atoms with van der Waals surface area (Å²) in [6.45, 7) is 13.9. The summed E-state index contributed by atoms with van der Waals surface area (Å²) >= 11 is 0. The Hall–Kier alpha value is -3.52. The number of aryl methyl sites for hydroxylation is 1. The molecule has 1 atom stereocenters. The predicted molar refractivity (Wildman–Crippen MR) is 154 cm³/mol. The Kier molecular flexibility index (Phi) is 8.78. The molecule has 7 nitrogen and oxygen atoms in total. The number of ether oxygens (including phenoxy) is 2. The van der Waals surface area contributed by atoms with Gasteiger partial charge in [0.15, 0.2) is 6.10 Å². The summed E-state index contributed by atoms with van der Waals surface area (Å²) in [5, 5.41) is 10.3. The smallest absolute Gasteiger partial charge is 0.337 e. The van der Waals surface area contributed by atoms with Crippen molar-refractivity contribution in [3.8, 4) is 17.0 Å². The highest BCUT2D eigenvalue weighted by atomic mass is 19.1. The molecule has 1 saturated heterocycles. The summed E-state index contributed by atoms with van der Waals surface area (Å²) in [5.74, 6) is -0.715. The maximum Gasteiger partial charge on any atom is 0.337 e. The maximum atomic E-state index is 13.5. The van der Waals surface area contributed by atoms with Crippen molar-refractivity contribution in [3.63, 3.8) is 0 Å². The number of carboxylic acids is 1. The van der Waals surface area contributed by atoms with E-state index in [1.54, 1.807) is 18.5 Å². The molecule has 0 bridgehead atoms. The molecule has 214 valence electrons. The van der Waals surface area contributed by atoms with Crippen LogP contribution in [0.5, 0.6) is 5.75 Å². The fourth-order valence-electron chi connectivity index (χ4n) is 4.98. The van der Waals surface area contributed by atoms with Crippen LogP contribution < -0.4 is 9.64 Å². The number of nitrogens with zero attached hydrogens (tertiary/aromatic N) is 3. The maximum absolute atomic E-state index is 13.5. The van der Waals surface area contributed by atoms with Gasteiger partial charge in [0, 0.05) is 42.5 Å². The van der Waals surface area contributed by atoms with Gasteiger partial charge in [0.05, 0.1) is 29.8 Å². The fourth-order valence-corrected chi connectivity index (χ4v) is 4.98. The van der Waals surface area contributed by atoms with Crippen molar-refractivity contribution >= 4 is 11.7 Å². The monoisotopic (exact) mass is 549 g/mol. The summed E-state index contributed by atoms with van der Waals surface area (Å²) in [7, 11) is 0. The third-order valence-corrected chi connectivity index (χ3v) is 7.24. The molecule has 2 aromatic heterocycles. The lowest BCUT2D eigenvalue weighted by Crippen LogP contribution is -2.39. The number of anilines is 1. The lowest BCUT2D eigenvalue weighted by molar-refractivity contribution is -0.160. The van der Waals surface area contributed by atoms with Gasteiger partial charge in [-0.25, -0.2) is 9.18 Å². The molecule has 1 aliphatic rings. The number of carboxylic acid groups (broad SMARTS) is 1. The van der Waals surface area contributed by atoms with Gasteiger partial charge in [-0.3, -0.25) is 9.97 Å². The van der Waals surface area contributed by atoms with E-state index in [0.717, 1.165) is 42.7 Å². The van der Waals surface area contributed by atoms with Gasteiger partial charge in [-0.1, -0.05) is 26.0 Å². The molecule has 0 saturated carbocycles. The van der Waals surface area contributed by atoms with Crippen molar-refractivity contribution in [1.82, 2.24) is 9.97 Å². The van der Waals surface area contributed by atoms with Gasteiger partial charge in [-0.15, -0.1) is 0 Å². The Labute approximate surface area is 236 Å². The zero-order chi connectivity index (χ0) is 29.1. The largest absolute Gasteiger partial charge is 0.492 e. The van der Waals surface area contributed by atoms with Crippen molar-refractivity contribution in [2.24, 2.45) is 5.41 Å². The first-order valence-corrected chi connectivity index (χ1v) is 13.8. The van der Waals surface area contributed by atoms with Gasteiger partial charge < -0.3 is 19.5 Å². The van der Waals surface area contributed by atoms with Crippen molar-refractivity contribution in [2.45, 2.75) is 72.5 Å². The standard InChI is InChI=1S/C32H40FN3O4/c1-21-27(29(30(37)38)40-31(2,3)4)28(36-15-13-32(5,6)14-16-36)25(20-34-21)26-11-10-24(19-35-26)39-17-12-22-8-7-9-23(33)18-22/h7-11,18-20,29H,12-17H2,1-6H3,(H,37,38). The number of benzene rings is 1. The highest BCUT2D eigenvalue weighted by molar-refractivity contribution is 5.85. The minimum atomic E-state index is -1.18. The van der Waals surface area contributed by atoms with E-state index in [9.17, 15) is 14.3 Å². The molecule has 0 radical (unpaired) electrons. The highest BCUT2D eigenvalue weighted by Crippen LogP contribution is 2.43. The van der Waals surface area contributed by atoms with Crippen LogP contribution in [0.1, 0.15) is 70.4 Å². The fraction of sp³-hybridized carbons (Fsp3) is 0.469. The van der Waals surface area contributed by atoms with Crippen LogP contribution in [-0.4, -0.2) is 46.3 Å². The summed E-state index contributed by atoms with van der Waals surface area (Å²) < 4.78 is 25.4. The first-order chi connectivity index (χ1) is 18.8. The molecular weight excluding hydrogens is 509 g/mol. The Morgan fingerprint density at radius 3 is 2.45 bits per heavy atom. The number of aliphatic carboxylic acids is 1. The molecule has 1 unspecified atom stereocenters. The van der Waals surface area contributed by atoms with Crippen LogP contribution in [0.3, 0.4) is 0 Å². The second-order valence-corrected chi connectivity index (χ2v) is 12.2. The van der Waals surface area contributed by atoms with Crippen molar-refractivity contribution in [1.29, 1.82) is 0 Å². The lowest BCUT2D eigenvalue weighted by atomic mass is 9.82. The van der Waals surface area contributed by atoms with E-state index in [2.05, 4.69) is 28.7 Å². The molecule has 8 heteroatoms. The van der Waals surface area contributed by atoms with Gasteiger partial charge >= 0.3 is 5.97 Å². The Morgan fingerprint density at radius 2 is 1.85 bits per heavy atom. The average molecular weight is 550 g/mol. The van der Waals surface area contributed by atoms with Gasteiger partial charge in [-0.05, 0) is 75.8 Å². The molecular formula is C32H40FN3O4. The highest BCUT2D eigenvalue weighted by Gasteiger charge is 2.36. The SMILES string of the molecule is Cc1ncc(-c2ccc(OCCc3cccc(F)c3)cn2)c(N2CCC(C)(C)CC2)c1C(OC(C)(C)C)C(=O)O. The van der Waals surface area contributed by atoms with Crippen LogP contribution in [0, 0.1) is 18.2 Å². The number of pyridine rings is 2. The Balaban J connectivity index is 1.67. The first kappa shape index (κ1) is 29.5. The van der Waals surface area contributed by atoms with Crippen LogP contribution >= 0.6 is 0 Å². The number of aromatic nitrogens is 2. The molecule has 0 amide bonds. The number of hydrogen-bond acceptors (Lipinski definition) is 6. The average Bonchev–Trinajstić information content (AvgIpc) is 2.87. The molecule has 40 heavy (non-hydrogen) atoms. The molecule has 1 aliphatic heterocycles. The molecule has 3 heterocycles. The van der Waals surface area contributed by atoms with E-state index in [-0.39, 0.29) is 11.2 Å². The van der Waals surface area contributed by atoms with Crippen LogP contribution in [-0.2, 0) is 16.0 Å². The number of hydrogen-bond donors (Lipinski definition) is 1. The summed E-state index contributed by atoms with van der Waals surface area (Å²) in [6, 6.07) is 10.2. The van der Waals surface area contributed by atoms with Crippen molar-refractivity contribution in [3.05, 3.63) is 71.4 Å². The second kappa shape index (κ2) is 11.9. The zero-order valence-corrected chi connectivity index (χ0v) is 24.3. The van der Waals surface area contributed by atoms with Gasteiger partial charge in [-0.2, -0.15) is 0 Å². The quantitative estimate of drug-likeness (QED) is 0.315. The van der Waals surface area contributed by atoms with Crippen LogP contribution in [0.4, 0.5) is 10.1 Å². The minimum Gasteiger partial charge on any atom is -0.492 e. The summed E-state index contributed by atoms with van der Waals surface area (Å²) in [4.78, 5) is 24.1.